The quantitative estimate of drug-likeness (QED) is 0.0446. The second kappa shape index (κ2) is 21.2. The summed E-state index contributed by atoms with van der Waals surface area (Å²) in [6.45, 7) is 25.3. The lowest BCUT2D eigenvalue weighted by atomic mass is 10.2. The van der Waals surface area contributed by atoms with E-state index in [0.29, 0.717) is 66.3 Å². The van der Waals surface area contributed by atoms with Gasteiger partial charge < -0.3 is 38.1 Å². The number of benzene rings is 2. The predicted molar refractivity (Wildman–Crippen MR) is 231 cm³/mol. The average molecular weight is 829 g/mol. The van der Waals surface area contributed by atoms with Crippen LogP contribution in [0.1, 0.15) is 66.7 Å². The van der Waals surface area contributed by atoms with Gasteiger partial charge in [0.15, 0.2) is 16.6 Å². The van der Waals surface area contributed by atoms with Gasteiger partial charge in [0, 0.05) is 17.9 Å². The predicted octanol–water partition coefficient (Wildman–Crippen LogP) is 9.61. The normalized spacial score (nSPS) is 13.1. The van der Waals surface area contributed by atoms with E-state index >= 15 is 0 Å². The lowest BCUT2D eigenvalue weighted by Gasteiger charge is -2.38. The fourth-order valence-corrected chi connectivity index (χ4v) is 22.0. The van der Waals surface area contributed by atoms with Gasteiger partial charge in [0.05, 0.1) is 30.6 Å². The molecule has 1 heterocycles. The first kappa shape index (κ1) is 45.9. The maximum absolute atomic E-state index is 12.4. The first-order valence-corrected chi connectivity index (χ1v) is 31.9. The number of carbonyl (C=O) groups excluding carboxylic acids is 2. The molecule has 0 aliphatic heterocycles. The molecule has 0 spiro atoms. The van der Waals surface area contributed by atoms with E-state index in [-0.39, 0.29) is 11.9 Å². The molecule has 1 atom stereocenters. The van der Waals surface area contributed by atoms with Crippen LogP contribution >= 0.6 is 0 Å². The summed E-state index contributed by atoms with van der Waals surface area (Å²) in [4.78, 5) is 38.8. The van der Waals surface area contributed by atoms with Gasteiger partial charge in [0.2, 0.25) is 26.2 Å². The number of carbonyl (C=O) groups is 2. The van der Waals surface area contributed by atoms with Gasteiger partial charge in [-0.3, -0.25) is 0 Å². The summed E-state index contributed by atoms with van der Waals surface area (Å²) in [6, 6.07) is 14.8. The molecule has 304 valence electrons. The van der Waals surface area contributed by atoms with E-state index in [2.05, 4.69) is 89.8 Å². The van der Waals surface area contributed by atoms with E-state index in [9.17, 15) is 9.59 Å². The Morgan fingerprint density at radius 3 is 1.45 bits per heavy atom. The van der Waals surface area contributed by atoms with E-state index in [4.69, 9.17) is 22.1 Å². The molecule has 0 saturated heterocycles. The summed E-state index contributed by atoms with van der Waals surface area (Å²) in [6.07, 6.45) is 4.97. The maximum Gasteiger partial charge on any atom is 0.338 e. The summed E-state index contributed by atoms with van der Waals surface area (Å²) < 4.78 is 30.6. The van der Waals surface area contributed by atoms with E-state index in [1.807, 2.05) is 13.8 Å². The Kier molecular flexibility index (Phi) is 17.7. The van der Waals surface area contributed by atoms with Gasteiger partial charge in [-0.15, -0.1) is 0 Å². The molecule has 17 heteroatoms. The van der Waals surface area contributed by atoms with Crippen molar-refractivity contribution < 1.29 is 31.7 Å². The molecule has 0 fully saturated rings. The second-order valence-corrected chi connectivity index (χ2v) is 33.1. The largest absolute Gasteiger partial charge is 0.462 e. The number of nitrogens with zero attached hydrogens (tertiary/aromatic N) is 3. The highest BCUT2D eigenvalue weighted by molar-refractivity contribution is 6.86. The highest BCUT2D eigenvalue weighted by Gasteiger charge is 2.39. The molecule has 13 nitrogen and oxygen atoms in total. The minimum atomic E-state index is -2.30. The summed E-state index contributed by atoms with van der Waals surface area (Å²) in [5, 5.41) is 9.87. The lowest BCUT2D eigenvalue weighted by Crippen LogP contribution is -2.53. The molecule has 55 heavy (non-hydrogen) atoms. The van der Waals surface area contributed by atoms with Crippen LogP contribution in [0.3, 0.4) is 0 Å². The molecule has 0 aliphatic carbocycles. The number of nitrogens with one attached hydrogen (secondary N) is 3. The van der Waals surface area contributed by atoms with Crippen LogP contribution in [0.2, 0.25) is 65.0 Å². The van der Waals surface area contributed by atoms with Crippen LogP contribution in [0.4, 0.5) is 29.2 Å². The Hall–Kier alpha value is -3.46. The molecule has 3 rings (SSSR count). The van der Waals surface area contributed by atoms with Crippen molar-refractivity contribution in [1.29, 1.82) is 0 Å². The highest BCUT2D eigenvalue weighted by Crippen LogP contribution is 2.25. The number of rotatable bonds is 24. The average Bonchev–Trinajstić information content (AvgIpc) is 3.08. The Labute approximate surface area is 332 Å². The number of esters is 2. The van der Waals surface area contributed by atoms with Crippen LogP contribution in [0.25, 0.3) is 0 Å². The maximum atomic E-state index is 12.4. The standard InChI is InChI=1S/C38H64N6O7Si4/c1-12-14-26-47-34(45)30-17-21-32(22-18-30)40-37-42-36(43-38(44-37)41-33-23-19-31(20-24-33)35(46)48-27-15-13-2)39-25-16-28-55(11,51-53(6,7)8)29-49-54(9,10)50-52(3,4)5/h17-24H,12-16,25-29H2,1-11H3,(H3,39,40,41,42,43,44). The molecule has 0 amide bonds. The van der Waals surface area contributed by atoms with Crippen molar-refractivity contribution in [3.05, 3.63) is 59.7 Å². The van der Waals surface area contributed by atoms with E-state index < -0.39 is 33.5 Å². The zero-order valence-corrected chi connectivity index (χ0v) is 38.9. The molecule has 0 bridgehead atoms. The van der Waals surface area contributed by atoms with Crippen molar-refractivity contribution in [3.8, 4) is 0 Å². The van der Waals surface area contributed by atoms with Gasteiger partial charge in [-0.05, 0) is 133 Å². The lowest BCUT2D eigenvalue weighted by molar-refractivity contribution is 0.0490. The van der Waals surface area contributed by atoms with E-state index in [1.54, 1.807) is 48.5 Å². The number of ether oxygens (including phenoxy) is 2. The number of hydrogen-bond donors (Lipinski definition) is 3. The smallest absolute Gasteiger partial charge is 0.338 e. The Balaban J connectivity index is 1.77. The first-order chi connectivity index (χ1) is 25.8. The first-order valence-electron chi connectivity index (χ1n) is 19.4. The van der Waals surface area contributed by atoms with Crippen molar-refractivity contribution in [3.63, 3.8) is 0 Å². The SMILES string of the molecule is CCCCOC(=O)c1ccc(Nc2nc(NCCC[Si](C)(CO[Si](C)(C)O[Si](C)(C)C)O[Si](C)(C)C)nc(Nc3ccc(C(=O)OCCCC)cc3)n2)cc1. The van der Waals surface area contributed by atoms with Crippen molar-refractivity contribution in [1.82, 2.24) is 15.0 Å². The monoisotopic (exact) mass is 828 g/mol. The summed E-state index contributed by atoms with van der Waals surface area (Å²) in [5.41, 5.74) is 2.31. The minimum absolute atomic E-state index is 0.304. The fourth-order valence-electron chi connectivity index (χ4n) is 5.64. The third-order valence-corrected chi connectivity index (χ3v) is 20.0. The van der Waals surface area contributed by atoms with Crippen molar-refractivity contribution in [2.24, 2.45) is 0 Å². The van der Waals surface area contributed by atoms with Gasteiger partial charge in [-0.25, -0.2) is 9.59 Å². The molecule has 3 N–H and O–H groups in total. The Bertz CT molecular complexity index is 1570. The van der Waals surface area contributed by atoms with Crippen molar-refractivity contribution in [2.45, 2.75) is 111 Å². The van der Waals surface area contributed by atoms with Gasteiger partial charge in [-0.1, -0.05) is 26.7 Å². The molecule has 0 radical (unpaired) electrons. The van der Waals surface area contributed by atoms with Crippen LogP contribution in [-0.4, -0.2) is 86.4 Å². The van der Waals surface area contributed by atoms with Gasteiger partial charge in [0.1, 0.15) is 0 Å². The number of anilines is 5. The van der Waals surface area contributed by atoms with E-state index in [1.165, 1.54) is 0 Å². The van der Waals surface area contributed by atoms with Crippen LogP contribution in [-0.2, 0) is 22.1 Å². The second-order valence-electron chi connectivity index (χ2n) is 16.3. The fraction of sp³-hybridized carbons (Fsp3) is 0.553. The zero-order chi connectivity index (χ0) is 40.7. The Morgan fingerprint density at radius 2 is 1.04 bits per heavy atom. The molecule has 1 aromatic heterocycles. The third-order valence-electron chi connectivity index (χ3n) is 7.85. The van der Waals surface area contributed by atoms with Gasteiger partial charge >= 0.3 is 20.5 Å². The van der Waals surface area contributed by atoms with Crippen molar-refractivity contribution >= 4 is 74.7 Å². The number of hydrogen-bond acceptors (Lipinski definition) is 13. The summed E-state index contributed by atoms with van der Waals surface area (Å²) >= 11 is 0. The summed E-state index contributed by atoms with van der Waals surface area (Å²) in [5.74, 6) is 0.280. The number of unbranched alkanes of at least 4 members (excludes halogenated alkanes) is 2. The van der Waals surface area contributed by atoms with Gasteiger partial charge in [0.25, 0.3) is 0 Å². The molecule has 1 unspecified atom stereocenters. The van der Waals surface area contributed by atoms with Crippen LogP contribution in [0.5, 0.6) is 0 Å². The number of aromatic nitrogens is 3. The molecule has 3 aromatic rings. The minimum Gasteiger partial charge on any atom is -0.462 e. The summed E-state index contributed by atoms with van der Waals surface area (Å²) in [7, 11) is -8.14. The Morgan fingerprint density at radius 1 is 0.600 bits per heavy atom. The zero-order valence-electron chi connectivity index (χ0n) is 34.9. The van der Waals surface area contributed by atoms with Crippen LogP contribution in [0.15, 0.2) is 48.5 Å². The van der Waals surface area contributed by atoms with Crippen LogP contribution < -0.4 is 16.0 Å². The van der Waals surface area contributed by atoms with Crippen LogP contribution in [0, 0.1) is 0 Å². The highest BCUT2D eigenvalue weighted by atomic mass is 28.4. The molecule has 2 aromatic carbocycles. The molecule has 0 aliphatic rings. The molecular formula is C38H64N6O7Si4. The molecule has 0 saturated carbocycles. The third kappa shape index (κ3) is 17.9. The van der Waals surface area contributed by atoms with Crippen molar-refractivity contribution in [2.75, 3.05) is 41.9 Å². The van der Waals surface area contributed by atoms with E-state index in [0.717, 1.165) is 38.1 Å². The van der Waals surface area contributed by atoms with Gasteiger partial charge in [-0.2, -0.15) is 15.0 Å². The topological polar surface area (TPSA) is 155 Å². The molecular weight excluding hydrogens is 765 g/mol.